The molecular formula is C19H19N5S. The smallest absolute Gasteiger partial charge is 0.155 e. The molecular weight excluding hydrogens is 330 g/mol. The molecule has 3 aromatic heterocycles. The van der Waals surface area contributed by atoms with Crippen molar-refractivity contribution in [1.82, 2.24) is 24.7 Å². The molecule has 0 unspecified atom stereocenters. The van der Waals surface area contributed by atoms with Crippen LogP contribution in [0.5, 0.6) is 0 Å². The summed E-state index contributed by atoms with van der Waals surface area (Å²) >= 11 is 1.83. The number of thiazole rings is 1. The number of rotatable bonds is 2. The molecule has 1 aliphatic rings. The predicted molar refractivity (Wildman–Crippen MR) is 101 cm³/mol. The van der Waals surface area contributed by atoms with Crippen molar-refractivity contribution >= 4 is 27.2 Å². The van der Waals surface area contributed by atoms with Crippen molar-refractivity contribution in [3.05, 3.63) is 47.5 Å². The fraction of sp³-hybridized carbons (Fsp3) is 0.316. The standard InChI is InChI=1S/C19H19N5S/c1-12-10-24-11-16(21-9-18(24)22-12)14-2-3-15-17(8-14)25-19(23-15)13-4-6-20-7-5-13/h2-3,8-11,13,20H,4-7H2,1H3. The summed E-state index contributed by atoms with van der Waals surface area (Å²) in [6.07, 6.45) is 8.28. The lowest BCUT2D eigenvalue weighted by Crippen LogP contribution is -2.26. The number of imidazole rings is 1. The Hall–Kier alpha value is -2.31. The molecule has 5 nitrogen and oxygen atoms in total. The van der Waals surface area contributed by atoms with Gasteiger partial charge in [-0.1, -0.05) is 6.07 Å². The van der Waals surface area contributed by atoms with Crippen LogP contribution in [0.1, 0.15) is 29.5 Å². The van der Waals surface area contributed by atoms with Crippen molar-refractivity contribution in [2.45, 2.75) is 25.7 Å². The summed E-state index contributed by atoms with van der Waals surface area (Å²) < 4.78 is 3.28. The number of nitrogens with one attached hydrogen (secondary N) is 1. The fourth-order valence-electron chi connectivity index (χ4n) is 3.52. The molecule has 4 aromatic rings. The Morgan fingerprint density at radius 1 is 1.16 bits per heavy atom. The lowest BCUT2D eigenvalue weighted by atomic mass is 9.99. The van der Waals surface area contributed by atoms with Gasteiger partial charge in [0.2, 0.25) is 0 Å². The molecule has 0 atom stereocenters. The number of piperidine rings is 1. The molecule has 0 bridgehead atoms. The Labute approximate surface area is 149 Å². The van der Waals surface area contributed by atoms with Gasteiger partial charge in [0.1, 0.15) is 0 Å². The second-order valence-electron chi connectivity index (χ2n) is 6.68. The first kappa shape index (κ1) is 15.0. The topological polar surface area (TPSA) is 55.1 Å². The van der Waals surface area contributed by atoms with E-state index < -0.39 is 0 Å². The van der Waals surface area contributed by atoms with Crippen LogP contribution in [0.25, 0.3) is 27.1 Å². The lowest BCUT2D eigenvalue weighted by molar-refractivity contribution is 0.459. The molecule has 0 radical (unpaired) electrons. The zero-order valence-electron chi connectivity index (χ0n) is 14.1. The Morgan fingerprint density at radius 3 is 2.92 bits per heavy atom. The maximum atomic E-state index is 4.88. The summed E-state index contributed by atoms with van der Waals surface area (Å²) in [5.41, 5.74) is 5.07. The minimum atomic E-state index is 0.602. The quantitative estimate of drug-likeness (QED) is 0.598. The number of nitrogens with zero attached hydrogens (tertiary/aromatic N) is 4. The van der Waals surface area contributed by atoms with E-state index in [-0.39, 0.29) is 0 Å². The van der Waals surface area contributed by atoms with Crippen molar-refractivity contribution in [2.24, 2.45) is 0 Å². The summed E-state index contributed by atoms with van der Waals surface area (Å²) in [5.74, 6) is 0.602. The second-order valence-corrected chi connectivity index (χ2v) is 7.74. The molecule has 1 saturated heterocycles. The van der Waals surface area contributed by atoms with E-state index in [9.17, 15) is 0 Å². The van der Waals surface area contributed by atoms with E-state index in [1.165, 1.54) is 22.5 Å². The molecule has 0 aliphatic carbocycles. The van der Waals surface area contributed by atoms with E-state index in [0.717, 1.165) is 41.2 Å². The van der Waals surface area contributed by atoms with Crippen LogP contribution in [0.4, 0.5) is 0 Å². The minimum Gasteiger partial charge on any atom is -0.317 e. The first-order valence-electron chi connectivity index (χ1n) is 8.69. The second kappa shape index (κ2) is 5.89. The number of aryl methyl sites for hydroxylation is 1. The molecule has 1 fully saturated rings. The van der Waals surface area contributed by atoms with E-state index in [4.69, 9.17) is 4.98 Å². The highest BCUT2D eigenvalue weighted by atomic mass is 32.1. The highest BCUT2D eigenvalue weighted by molar-refractivity contribution is 7.18. The van der Waals surface area contributed by atoms with Gasteiger partial charge in [0.05, 0.1) is 32.8 Å². The van der Waals surface area contributed by atoms with Gasteiger partial charge in [-0.2, -0.15) is 0 Å². The van der Waals surface area contributed by atoms with Crippen molar-refractivity contribution in [3.63, 3.8) is 0 Å². The number of aromatic nitrogens is 4. The van der Waals surface area contributed by atoms with Gasteiger partial charge >= 0.3 is 0 Å². The van der Waals surface area contributed by atoms with E-state index >= 15 is 0 Å². The Bertz CT molecular complexity index is 1060. The number of benzene rings is 1. The molecule has 6 heteroatoms. The molecule has 5 rings (SSSR count). The summed E-state index contributed by atoms with van der Waals surface area (Å²) in [7, 11) is 0. The fourth-order valence-corrected chi connectivity index (χ4v) is 4.70. The largest absolute Gasteiger partial charge is 0.317 e. The molecule has 1 aromatic carbocycles. The Morgan fingerprint density at radius 2 is 2.04 bits per heavy atom. The van der Waals surface area contributed by atoms with Crippen molar-refractivity contribution in [1.29, 1.82) is 0 Å². The number of fused-ring (bicyclic) bond motifs is 2. The van der Waals surface area contributed by atoms with Gasteiger partial charge in [-0.05, 0) is 45.0 Å². The first-order chi connectivity index (χ1) is 12.3. The average Bonchev–Trinajstić information content (AvgIpc) is 3.23. The van der Waals surface area contributed by atoms with Gasteiger partial charge in [0, 0.05) is 23.9 Å². The molecule has 0 spiro atoms. The molecule has 126 valence electrons. The monoisotopic (exact) mass is 349 g/mol. The third-order valence-electron chi connectivity index (χ3n) is 4.85. The van der Waals surface area contributed by atoms with E-state index in [1.54, 1.807) is 0 Å². The van der Waals surface area contributed by atoms with Gasteiger partial charge < -0.3 is 9.72 Å². The number of hydrogen-bond acceptors (Lipinski definition) is 5. The van der Waals surface area contributed by atoms with Gasteiger partial charge in [-0.15, -0.1) is 11.3 Å². The maximum Gasteiger partial charge on any atom is 0.155 e. The van der Waals surface area contributed by atoms with Crippen LogP contribution in [-0.4, -0.2) is 32.4 Å². The summed E-state index contributed by atoms with van der Waals surface area (Å²) in [6, 6.07) is 6.46. The SMILES string of the molecule is Cc1cn2cc(-c3ccc4nc(C5CCNCC5)sc4c3)ncc2n1. The van der Waals surface area contributed by atoms with Gasteiger partial charge in [-0.25, -0.2) is 9.97 Å². The minimum absolute atomic E-state index is 0.602. The van der Waals surface area contributed by atoms with Crippen molar-refractivity contribution in [3.8, 4) is 11.3 Å². The van der Waals surface area contributed by atoms with Crippen LogP contribution >= 0.6 is 11.3 Å². The molecule has 25 heavy (non-hydrogen) atoms. The van der Waals surface area contributed by atoms with Gasteiger partial charge in [-0.3, -0.25) is 4.98 Å². The zero-order valence-corrected chi connectivity index (χ0v) is 14.9. The van der Waals surface area contributed by atoms with Crippen LogP contribution < -0.4 is 5.32 Å². The molecule has 1 aliphatic heterocycles. The summed E-state index contributed by atoms with van der Waals surface area (Å²) in [5, 5.41) is 4.71. The van der Waals surface area contributed by atoms with Crippen LogP contribution in [0, 0.1) is 6.92 Å². The van der Waals surface area contributed by atoms with Gasteiger partial charge in [0.25, 0.3) is 0 Å². The first-order valence-corrected chi connectivity index (χ1v) is 9.51. The van der Waals surface area contributed by atoms with Gasteiger partial charge in [0.15, 0.2) is 5.65 Å². The van der Waals surface area contributed by atoms with E-state index in [1.807, 2.05) is 41.3 Å². The summed E-state index contributed by atoms with van der Waals surface area (Å²) in [4.78, 5) is 13.9. The van der Waals surface area contributed by atoms with E-state index in [2.05, 4.69) is 33.5 Å². The molecule has 0 saturated carbocycles. The normalized spacial score (nSPS) is 16.0. The Kier molecular flexibility index (Phi) is 3.53. The third kappa shape index (κ3) is 2.71. The molecule has 4 heterocycles. The predicted octanol–water partition coefficient (Wildman–Crippen LogP) is 3.78. The molecule has 1 N–H and O–H groups in total. The van der Waals surface area contributed by atoms with Crippen LogP contribution in [-0.2, 0) is 0 Å². The highest BCUT2D eigenvalue weighted by Gasteiger charge is 2.19. The zero-order chi connectivity index (χ0) is 16.8. The molecule has 0 amide bonds. The van der Waals surface area contributed by atoms with Crippen molar-refractivity contribution < 1.29 is 0 Å². The van der Waals surface area contributed by atoms with Crippen molar-refractivity contribution in [2.75, 3.05) is 13.1 Å². The third-order valence-corrected chi connectivity index (χ3v) is 6.03. The van der Waals surface area contributed by atoms with Crippen LogP contribution in [0.2, 0.25) is 0 Å². The van der Waals surface area contributed by atoms with Crippen LogP contribution in [0.3, 0.4) is 0 Å². The highest BCUT2D eigenvalue weighted by Crippen LogP contribution is 2.34. The Balaban J connectivity index is 1.54. The average molecular weight is 349 g/mol. The lowest BCUT2D eigenvalue weighted by Gasteiger charge is -2.20. The summed E-state index contributed by atoms with van der Waals surface area (Å²) in [6.45, 7) is 4.19. The number of hydrogen-bond donors (Lipinski definition) is 1. The van der Waals surface area contributed by atoms with E-state index in [0.29, 0.717) is 5.92 Å². The van der Waals surface area contributed by atoms with Crippen LogP contribution in [0.15, 0.2) is 36.8 Å². The maximum absolute atomic E-state index is 4.88.